The first kappa shape index (κ1) is 28.4. The molecule has 6 heteroatoms. The summed E-state index contributed by atoms with van der Waals surface area (Å²) >= 11 is 0. The second-order valence-electron chi connectivity index (χ2n) is 6.83. The van der Waals surface area contributed by atoms with E-state index in [1.165, 1.54) is 5.56 Å². The zero-order chi connectivity index (χ0) is 11.9. The van der Waals surface area contributed by atoms with Gasteiger partial charge in [0.15, 0.2) is 0 Å². The van der Waals surface area contributed by atoms with Gasteiger partial charge in [-0.3, -0.25) is 0 Å². The molecule has 0 aliphatic heterocycles. The van der Waals surface area contributed by atoms with E-state index in [2.05, 4.69) is 64.4 Å². The first-order valence-electron chi connectivity index (χ1n) is 5.86. The van der Waals surface area contributed by atoms with Crippen LogP contribution < -0.4 is 37.2 Å². The Labute approximate surface area is 152 Å². The zero-order valence-corrected chi connectivity index (χ0v) is 18.6. The van der Waals surface area contributed by atoms with Crippen molar-refractivity contribution in [2.75, 3.05) is 0 Å². The molecule has 0 heterocycles. The first-order chi connectivity index (χ1) is 6.64. The molecule has 0 aliphatic rings. The summed E-state index contributed by atoms with van der Waals surface area (Å²) in [6.07, 6.45) is 0. The Bertz CT molecular complexity index is 326. The molecule has 111 valence electrons. The number of halogens is 3. The summed E-state index contributed by atoms with van der Waals surface area (Å²) in [6.45, 7) is 17.4. The van der Waals surface area contributed by atoms with Crippen molar-refractivity contribution in [3.05, 3.63) is 29.3 Å². The quantitative estimate of drug-likeness (QED) is 0.359. The van der Waals surface area contributed by atoms with E-state index in [0.717, 1.165) is 5.16 Å². The van der Waals surface area contributed by atoms with Gasteiger partial charge < -0.3 is 37.2 Å². The minimum Gasteiger partial charge on any atom is -1.00 e. The number of aryl methyl sites for hydroxylation is 1. The Hall–Kier alpha value is 1.24. The Morgan fingerprint density at radius 1 is 0.895 bits per heavy atom. The molecule has 1 aromatic carbocycles. The standard InChI is InChI=1S/C13H25Si2.3ClH.V/c1-11-9-8-10-12(11)13(14(2,3)4)15(5,6)7;;;;/h8-10,13H,1-7H3;3*1H;/q-1;;;;+4/p-3. The molecule has 19 heavy (non-hydrogen) atoms. The van der Waals surface area contributed by atoms with E-state index < -0.39 is 16.1 Å². The van der Waals surface area contributed by atoms with Gasteiger partial charge in [-0.2, -0.15) is 17.2 Å². The molecular formula is C13H25Cl3Si2V. The van der Waals surface area contributed by atoms with Crippen molar-refractivity contribution in [1.29, 1.82) is 0 Å². The van der Waals surface area contributed by atoms with Crippen LogP contribution in [-0.2, 0) is 18.6 Å². The third kappa shape index (κ3) is 7.71. The molecule has 0 bridgehead atoms. The van der Waals surface area contributed by atoms with Crippen molar-refractivity contribution in [3.8, 4) is 0 Å². The van der Waals surface area contributed by atoms with E-state index >= 15 is 0 Å². The van der Waals surface area contributed by atoms with Gasteiger partial charge in [0, 0.05) is 16.1 Å². The Morgan fingerprint density at radius 3 is 1.47 bits per heavy atom. The summed E-state index contributed by atoms with van der Waals surface area (Å²) in [5, 5.41) is 0.889. The SMILES string of the molecule is C[c-]1cccc1C([Si](C)(C)C)[Si](C)(C)C.[Cl-].[Cl-].[Cl-].[V+4]. The maximum absolute atomic E-state index is 2.52. The Morgan fingerprint density at radius 2 is 1.26 bits per heavy atom. The second kappa shape index (κ2) is 10.0. The minimum atomic E-state index is -1.10. The largest absolute Gasteiger partial charge is 4.00 e. The Kier molecular flexibility index (Phi) is 15.0. The fourth-order valence-electron chi connectivity index (χ4n) is 3.08. The number of rotatable bonds is 3. The van der Waals surface area contributed by atoms with Gasteiger partial charge in [-0.05, 0) is 5.16 Å². The monoisotopic (exact) mass is 393 g/mol. The van der Waals surface area contributed by atoms with Crippen LogP contribution in [0.3, 0.4) is 0 Å². The van der Waals surface area contributed by atoms with Crippen molar-refractivity contribution < 1.29 is 55.8 Å². The fraction of sp³-hybridized carbons (Fsp3) is 0.615. The summed E-state index contributed by atoms with van der Waals surface area (Å²) in [4.78, 5) is 0. The van der Waals surface area contributed by atoms with Crippen molar-refractivity contribution >= 4 is 16.1 Å². The average Bonchev–Trinajstić information content (AvgIpc) is 2.30. The molecule has 0 nitrogen and oxygen atoms in total. The van der Waals surface area contributed by atoms with E-state index in [1.807, 2.05) is 0 Å². The van der Waals surface area contributed by atoms with E-state index in [1.54, 1.807) is 5.56 Å². The molecule has 0 spiro atoms. The summed E-state index contributed by atoms with van der Waals surface area (Å²) < 4.78 is 0. The molecule has 0 amide bonds. The van der Waals surface area contributed by atoms with Crippen LogP contribution >= 0.6 is 0 Å². The summed E-state index contributed by atoms with van der Waals surface area (Å²) in [6, 6.07) is 6.84. The molecule has 0 unspecified atom stereocenters. The van der Waals surface area contributed by atoms with Gasteiger partial charge in [0.25, 0.3) is 0 Å². The van der Waals surface area contributed by atoms with Crippen LogP contribution in [-0.4, -0.2) is 16.1 Å². The molecule has 1 aromatic rings. The van der Waals surface area contributed by atoms with E-state index in [9.17, 15) is 0 Å². The summed E-state index contributed by atoms with van der Waals surface area (Å²) in [5.74, 6) is 0. The van der Waals surface area contributed by atoms with Crippen LogP contribution in [0.5, 0.6) is 0 Å². The van der Waals surface area contributed by atoms with Crippen LogP contribution in [0, 0.1) is 6.92 Å². The maximum Gasteiger partial charge on any atom is 4.00 e. The van der Waals surface area contributed by atoms with E-state index in [-0.39, 0.29) is 55.8 Å². The normalized spacial score (nSPS) is 10.7. The molecule has 0 fully saturated rings. The van der Waals surface area contributed by atoms with Crippen LogP contribution in [0.25, 0.3) is 0 Å². The van der Waals surface area contributed by atoms with Crippen LogP contribution in [0.4, 0.5) is 0 Å². The predicted molar refractivity (Wildman–Crippen MR) is 76.2 cm³/mol. The van der Waals surface area contributed by atoms with Gasteiger partial charge in [0.1, 0.15) is 0 Å². The molecular weight excluding hydrogens is 370 g/mol. The van der Waals surface area contributed by atoms with Gasteiger partial charge in [-0.15, -0.1) is 0 Å². The molecule has 0 atom stereocenters. The molecule has 0 aromatic heterocycles. The van der Waals surface area contributed by atoms with Gasteiger partial charge >= 0.3 is 18.6 Å². The van der Waals surface area contributed by atoms with Crippen molar-refractivity contribution in [1.82, 2.24) is 0 Å². The van der Waals surface area contributed by atoms with Crippen LogP contribution in [0.15, 0.2) is 18.2 Å². The third-order valence-corrected chi connectivity index (χ3v) is 12.4. The van der Waals surface area contributed by atoms with Crippen LogP contribution in [0.2, 0.25) is 39.3 Å². The zero-order valence-electron chi connectivity index (χ0n) is 12.9. The van der Waals surface area contributed by atoms with Gasteiger partial charge in [0.05, 0.1) is 0 Å². The molecule has 0 saturated carbocycles. The van der Waals surface area contributed by atoms with Gasteiger partial charge in [0.2, 0.25) is 0 Å². The van der Waals surface area contributed by atoms with E-state index in [4.69, 9.17) is 0 Å². The topological polar surface area (TPSA) is 0 Å². The molecule has 1 rings (SSSR count). The average molecular weight is 395 g/mol. The van der Waals surface area contributed by atoms with Crippen molar-refractivity contribution in [3.63, 3.8) is 0 Å². The predicted octanol–water partition coefficient (Wildman–Crippen LogP) is -4.44. The summed E-state index contributed by atoms with van der Waals surface area (Å²) in [7, 11) is -2.19. The fourth-order valence-corrected chi connectivity index (χ4v) is 16.0. The molecule has 0 saturated heterocycles. The third-order valence-electron chi connectivity index (χ3n) is 3.12. The first-order valence-corrected chi connectivity index (χ1v) is 13.0. The molecule has 0 aliphatic carbocycles. The van der Waals surface area contributed by atoms with Crippen molar-refractivity contribution in [2.45, 2.75) is 51.4 Å². The maximum atomic E-state index is 2.52. The molecule has 1 radical (unpaired) electrons. The second-order valence-corrected chi connectivity index (χ2v) is 18.0. The van der Waals surface area contributed by atoms with E-state index in [0.29, 0.717) is 0 Å². The molecule has 0 N–H and O–H groups in total. The number of hydrogen-bond donors (Lipinski definition) is 0. The van der Waals surface area contributed by atoms with Crippen molar-refractivity contribution in [2.24, 2.45) is 0 Å². The Balaban J connectivity index is -0.000000281. The number of hydrogen-bond acceptors (Lipinski definition) is 0. The van der Waals surface area contributed by atoms with Gasteiger partial charge in [-0.1, -0.05) is 46.2 Å². The minimum absolute atomic E-state index is 0. The van der Waals surface area contributed by atoms with Crippen LogP contribution in [0.1, 0.15) is 16.3 Å². The van der Waals surface area contributed by atoms with Gasteiger partial charge in [-0.25, -0.2) is 12.1 Å². The summed E-state index contributed by atoms with van der Waals surface area (Å²) in [5.41, 5.74) is 3.15. The smallest absolute Gasteiger partial charge is 1.00 e.